The lowest BCUT2D eigenvalue weighted by Crippen LogP contribution is -2.38. The summed E-state index contributed by atoms with van der Waals surface area (Å²) in [5, 5.41) is 0. The number of hydrogen-bond donors (Lipinski definition) is 1. The van der Waals surface area contributed by atoms with Crippen LogP contribution in [0.15, 0.2) is 29.3 Å². The number of H-pyrrole nitrogens is 1. The van der Waals surface area contributed by atoms with Gasteiger partial charge in [-0.25, -0.2) is 9.97 Å². The van der Waals surface area contributed by atoms with E-state index in [4.69, 9.17) is 4.74 Å². The molecule has 0 radical (unpaired) electrons. The van der Waals surface area contributed by atoms with Gasteiger partial charge >= 0.3 is 0 Å². The molecule has 7 heteroatoms. The minimum Gasteiger partial charge on any atom is -0.369 e. The van der Waals surface area contributed by atoms with Gasteiger partial charge in [-0.05, 0) is 25.7 Å². The minimum absolute atomic E-state index is 0.0167. The highest BCUT2D eigenvalue weighted by Crippen LogP contribution is 2.22. The summed E-state index contributed by atoms with van der Waals surface area (Å²) in [4.78, 5) is 28.9. The Morgan fingerprint density at radius 1 is 1.18 bits per heavy atom. The van der Waals surface area contributed by atoms with Crippen LogP contribution in [0.1, 0.15) is 42.8 Å². The third-order valence-corrected chi connectivity index (χ3v) is 5.66. The number of aromatic nitrogens is 3. The molecule has 1 N–H and O–H groups in total. The van der Waals surface area contributed by atoms with Gasteiger partial charge in [0.15, 0.2) is 5.43 Å². The van der Waals surface area contributed by atoms with Gasteiger partial charge in [-0.15, -0.1) is 0 Å². The zero-order valence-electron chi connectivity index (χ0n) is 16.7. The largest absolute Gasteiger partial charge is 0.369 e. The normalized spacial score (nSPS) is 21.8. The number of morpholine rings is 1. The molecule has 1 atom stereocenters. The topological polar surface area (TPSA) is 74.3 Å². The van der Waals surface area contributed by atoms with Crippen LogP contribution >= 0.6 is 0 Å². The van der Waals surface area contributed by atoms with Crippen molar-refractivity contribution in [3.05, 3.63) is 51.7 Å². The fourth-order valence-corrected chi connectivity index (χ4v) is 3.98. The predicted octanol–water partition coefficient (Wildman–Crippen LogP) is 2.28. The first-order valence-corrected chi connectivity index (χ1v) is 10.2. The van der Waals surface area contributed by atoms with E-state index in [1.54, 1.807) is 12.1 Å². The van der Waals surface area contributed by atoms with Gasteiger partial charge in [0.1, 0.15) is 6.10 Å². The summed E-state index contributed by atoms with van der Waals surface area (Å²) >= 11 is 0. The molecule has 2 aromatic heterocycles. The fraction of sp³-hybridized carbons (Fsp3) is 0.571. The average Bonchev–Trinajstić information content (AvgIpc) is 2.69. The number of anilines is 1. The van der Waals surface area contributed by atoms with Crippen molar-refractivity contribution in [2.75, 3.05) is 37.7 Å². The molecule has 0 saturated carbocycles. The molecule has 28 heavy (non-hydrogen) atoms. The minimum atomic E-state index is -0.114. The van der Waals surface area contributed by atoms with Crippen molar-refractivity contribution >= 4 is 5.95 Å². The second kappa shape index (κ2) is 8.41. The monoisotopic (exact) mass is 383 g/mol. The van der Waals surface area contributed by atoms with Crippen LogP contribution < -0.4 is 10.3 Å². The lowest BCUT2D eigenvalue weighted by Gasteiger charge is -2.33. The number of nitrogens with zero attached hydrogens (tertiary/aromatic N) is 4. The van der Waals surface area contributed by atoms with Crippen molar-refractivity contribution in [2.45, 2.75) is 39.3 Å². The first-order valence-electron chi connectivity index (χ1n) is 10.2. The molecule has 2 aliphatic rings. The Morgan fingerprint density at radius 3 is 2.64 bits per heavy atom. The van der Waals surface area contributed by atoms with Crippen LogP contribution in [0.5, 0.6) is 0 Å². The molecule has 0 spiro atoms. The van der Waals surface area contributed by atoms with Crippen LogP contribution in [0.25, 0.3) is 0 Å². The number of aromatic amines is 1. The van der Waals surface area contributed by atoms with Crippen molar-refractivity contribution in [1.29, 1.82) is 0 Å². The molecule has 0 aliphatic carbocycles. The van der Waals surface area contributed by atoms with Gasteiger partial charge < -0.3 is 14.6 Å². The Labute approximate surface area is 165 Å². The van der Waals surface area contributed by atoms with Gasteiger partial charge in [0.25, 0.3) is 0 Å². The highest BCUT2D eigenvalue weighted by Gasteiger charge is 2.23. The highest BCUT2D eigenvalue weighted by molar-refractivity contribution is 5.30. The Kier molecular flexibility index (Phi) is 5.73. The van der Waals surface area contributed by atoms with E-state index in [9.17, 15) is 4.79 Å². The Bertz CT molecular complexity index is 843. The Balaban J connectivity index is 1.38. The Morgan fingerprint density at radius 2 is 1.93 bits per heavy atom. The summed E-state index contributed by atoms with van der Waals surface area (Å²) in [5.74, 6) is 1.64. The van der Waals surface area contributed by atoms with E-state index < -0.39 is 0 Å². The molecule has 1 unspecified atom stereocenters. The van der Waals surface area contributed by atoms with Crippen molar-refractivity contribution < 1.29 is 4.74 Å². The van der Waals surface area contributed by atoms with Crippen LogP contribution in [0.3, 0.4) is 0 Å². The summed E-state index contributed by atoms with van der Waals surface area (Å²) in [6, 6.07) is 3.24. The number of rotatable bonds is 4. The van der Waals surface area contributed by atoms with Gasteiger partial charge in [0.05, 0.1) is 6.61 Å². The molecule has 0 amide bonds. The lowest BCUT2D eigenvalue weighted by molar-refractivity contribution is -0.0351. The number of nitrogens with one attached hydrogen (secondary N) is 1. The van der Waals surface area contributed by atoms with Crippen LogP contribution in [0.4, 0.5) is 5.95 Å². The second-order valence-corrected chi connectivity index (χ2v) is 8.11. The number of pyridine rings is 1. The maximum atomic E-state index is 11.8. The van der Waals surface area contributed by atoms with Gasteiger partial charge in [0.2, 0.25) is 5.95 Å². The second-order valence-electron chi connectivity index (χ2n) is 8.11. The zero-order valence-corrected chi connectivity index (χ0v) is 16.7. The van der Waals surface area contributed by atoms with E-state index in [2.05, 4.69) is 31.7 Å². The van der Waals surface area contributed by atoms with E-state index in [-0.39, 0.29) is 11.5 Å². The molecular weight excluding hydrogens is 354 g/mol. The Hall–Kier alpha value is -2.25. The molecule has 0 aromatic carbocycles. The van der Waals surface area contributed by atoms with Crippen LogP contribution in [0.2, 0.25) is 0 Å². The number of piperidine rings is 1. The van der Waals surface area contributed by atoms with E-state index in [0.717, 1.165) is 61.5 Å². The van der Waals surface area contributed by atoms with Crippen LogP contribution in [-0.4, -0.2) is 52.6 Å². The van der Waals surface area contributed by atoms with E-state index in [1.165, 1.54) is 12.8 Å². The highest BCUT2D eigenvalue weighted by atomic mass is 16.5. The number of aryl methyl sites for hydroxylation is 1. The molecule has 7 nitrogen and oxygen atoms in total. The SMILES string of the molecule is Cc1cc(=O)cc(C2CN(Cc3cnc(N4CCC(C)CC4)nc3)CCO2)[nH]1. The molecule has 2 aromatic rings. The summed E-state index contributed by atoms with van der Waals surface area (Å²) < 4.78 is 5.90. The van der Waals surface area contributed by atoms with Gasteiger partial charge in [-0.1, -0.05) is 6.92 Å². The smallest absolute Gasteiger partial charge is 0.225 e. The van der Waals surface area contributed by atoms with Crippen molar-refractivity contribution in [1.82, 2.24) is 19.9 Å². The quantitative estimate of drug-likeness (QED) is 0.873. The molecule has 4 heterocycles. The molecular formula is C21H29N5O2. The van der Waals surface area contributed by atoms with Crippen LogP contribution in [-0.2, 0) is 11.3 Å². The average molecular weight is 383 g/mol. The van der Waals surface area contributed by atoms with E-state index in [1.807, 2.05) is 19.3 Å². The number of ether oxygens (including phenoxy) is 1. The molecule has 2 aliphatic heterocycles. The van der Waals surface area contributed by atoms with Crippen molar-refractivity contribution in [3.63, 3.8) is 0 Å². The zero-order chi connectivity index (χ0) is 19.5. The third-order valence-electron chi connectivity index (χ3n) is 5.66. The maximum Gasteiger partial charge on any atom is 0.225 e. The molecule has 4 rings (SSSR count). The van der Waals surface area contributed by atoms with Gasteiger partial charge in [-0.2, -0.15) is 0 Å². The van der Waals surface area contributed by atoms with Gasteiger partial charge in [-0.3, -0.25) is 9.69 Å². The third kappa shape index (κ3) is 4.59. The first kappa shape index (κ1) is 19.1. The fourth-order valence-electron chi connectivity index (χ4n) is 3.98. The van der Waals surface area contributed by atoms with Crippen LogP contribution in [0, 0.1) is 12.8 Å². The molecule has 2 fully saturated rings. The van der Waals surface area contributed by atoms with Crippen molar-refractivity contribution in [3.8, 4) is 0 Å². The summed E-state index contributed by atoms with van der Waals surface area (Å²) in [6.07, 6.45) is 6.19. The van der Waals surface area contributed by atoms with Gasteiger partial charge in [0, 0.05) is 74.2 Å². The predicted molar refractivity (Wildman–Crippen MR) is 108 cm³/mol. The summed E-state index contributed by atoms with van der Waals surface area (Å²) in [7, 11) is 0. The first-order chi connectivity index (χ1) is 13.6. The maximum absolute atomic E-state index is 11.8. The molecule has 150 valence electrons. The molecule has 2 saturated heterocycles. The summed E-state index contributed by atoms with van der Waals surface area (Å²) in [5.41, 5.74) is 2.83. The van der Waals surface area contributed by atoms with Crippen molar-refractivity contribution in [2.24, 2.45) is 5.92 Å². The lowest BCUT2D eigenvalue weighted by atomic mass is 10.00. The van der Waals surface area contributed by atoms with E-state index >= 15 is 0 Å². The standard InChI is InChI=1S/C21H29N5O2/c1-15-3-5-26(6-4-15)21-22-11-17(12-23-21)13-25-7-8-28-20(14-25)19-10-18(27)9-16(2)24-19/h9-12,15,20H,3-8,13-14H2,1-2H3,(H,24,27). The number of hydrogen-bond acceptors (Lipinski definition) is 6. The summed E-state index contributed by atoms with van der Waals surface area (Å²) in [6.45, 7) is 9.32. The van der Waals surface area contributed by atoms with E-state index in [0.29, 0.717) is 6.61 Å². The molecule has 0 bridgehead atoms.